The highest BCUT2D eigenvalue weighted by atomic mass is 16.5. The Hall–Kier alpha value is -2.04. The summed E-state index contributed by atoms with van der Waals surface area (Å²) in [6.45, 7) is 2.08. The molecule has 1 aliphatic rings. The number of methoxy groups -OCH3 is 1. The van der Waals surface area contributed by atoms with Crippen LogP contribution in [0.3, 0.4) is 0 Å². The van der Waals surface area contributed by atoms with Crippen LogP contribution < -0.4 is 4.74 Å². The van der Waals surface area contributed by atoms with Gasteiger partial charge in [-0.1, -0.05) is 25.0 Å². The number of benzene rings is 1. The van der Waals surface area contributed by atoms with E-state index in [0.717, 1.165) is 37.0 Å². The zero-order valence-corrected chi connectivity index (χ0v) is 14.8. The Balaban J connectivity index is 2.18. The van der Waals surface area contributed by atoms with Crippen molar-refractivity contribution in [2.45, 2.75) is 38.5 Å². The van der Waals surface area contributed by atoms with Gasteiger partial charge in [0, 0.05) is 7.05 Å². The maximum Gasteiger partial charge on any atom is 0.325 e. The number of rotatable bonds is 7. The highest BCUT2D eigenvalue weighted by molar-refractivity contribution is 5.87. The van der Waals surface area contributed by atoms with Crippen LogP contribution in [0.5, 0.6) is 5.75 Å². The number of carbonyl (C=O) groups is 2. The number of nitrogens with zero attached hydrogens (tertiary/aromatic N) is 1. The van der Waals surface area contributed by atoms with Gasteiger partial charge in [-0.25, -0.2) is 0 Å². The fraction of sp³-hybridized carbons (Fsp3) is 0.579. The largest absolute Gasteiger partial charge is 0.497 e. The summed E-state index contributed by atoms with van der Waals surface area (Å²) in [7, 11) is 3.30. The third-order valence-electron chi connectivity index (χ3n) is 4.66. The Labute approximate surface area is 143 Å². The summed E-state index contributed by atoms with van der Waals surface area (Å²) < 4.78 is 10.2. The maximum absolute atomic E-state index is 13.0. The molecular formula is C19H27NO4. The molecule has 0 heterocycles. The molecule has 1 saturated carbocycles. The predicted molar refractivity (Wildman–Crippen MR) is 92.0 cm³/mol. The van der Waals surface area contributed by atoms with Gasteiger partial charge in [0.2, 0.25) is 5.91 Å². The van der Waals surface area contributed by atoms with Crippen molar-refractivity contribution in [3.05, 3.63) is 29.8 Å². The molecule has 1 aromatic carbocycles. The zero-order valence-electron chi connectivity index (χ0n) is 14.8. The topological polar surface area (TPSA) is 55.8 Å². The molecule has 0 spiro atoms. The lowest BCUT2D eigenvalue weighted by atomic mass is 9.83. The van der Waals surface area contributed by atoms with Crippen LogP contribution in [0.2, 0.25) is 0 Å². The Kier molecular flexibility index (Phi) is 6.64. The summed E-state index contributed by atoms with van der Waals surface area (Å²) in [5.74, 6) is 0.512. The first kappa shape index (κ1) is 18.3. The molecule has 1 atom stereocenters. The van der Waals surface area contributed by atoms with Crippen LogP contribution in [0.1, 0.15) is 44.1 Å². The van der Waals surface area contributed by atoms with Crippen molar-refractivity contribution in [1.29, 1.82) is 0 Å². The molecular weight excluding hydrogens is 306 g/mol. The molecule has 24 heavy (non-hydrogen) atoms. The molecule has 1 fully saturated rings. The normalized spacial score (nSPS) is 15.8. The van der Waals surface area contributed by atoms with E-state index in [1.807, 2.05) is 24.3 Å². The van der Waals surface area contributed by atoms with Crippen LogP contribution in [-0.4, -0.2) is 44.1 Å². The van der Waals surface area contributed by atoms with Gasteiger partial charge in [0.1, 0.15) is 12.3 Å². The van der Waals surface area contributed by atoms with Crippen LogP contribution in [-0.2, 0) is 14.3 Å². The average Bonchev–Trinajstić information content (AvgIpc) is 3.10. The van der Waals surface area contributed by atoms with E-state index in [9.17, 15) is 9.59 Å². The van der Waals surface area contributed by atoms with Crippen molar-refractivity contribution < 1.29 is 19.1 Å². The first-order valence-corrected chi connectivity index (χ1v) is 8.61. The first-order valence-electron chi connectivity index (χ1n) is 8.61. The van der Waals surface area contributed by atoms with E-state index in [1.165, 1.54) is 4.90 Å². The molecule has 0 radical (unpaired) electrons. The van der Waals surface area contributed by atoms with Gasteiger partial charge in [0.25, 0.3) is 0 Å². The van der Waals surface area contributed by atoms with Crippen LogP contribution in [0, 0.1) is 5.92 Å². The SMILES string of the molecule is CCOC(=O)CN(C)C(=O)C(c1ccc(OC)cc1)C1CCCC1. The molecule has 0 N–H and O–H groups in total. The Bertz CT molecular complexity index is 549. The minimum absolute atomic E-state index is 0.00789. The fourth-order valence-electron chi connectivity index (χ4n) is 3.43. The van der Waals surface area contributed by atoms with Gasteiger partial charge < -0.3 is 14.4 Å². The summed E-state index contributed by atoms with van der Waals surface area (Å²) >= 11 is 0. The van der Waals surface area contributed by atoms with Crippen molar-refractivity contribution in [3.8, 4) is 5.75 Å². The van der Waals surface area contributed by atoms with E-state index in [2.05, 4.69) is 0 Å². The van der Waals surface area contributed by atoms with Gasteiger partial charge in [0.05, 0.1) is 19.6 Å². The number of carbonyl (C=O) groups excluding carboxylic acids is 2. The van der Waals surface area contributed by atoms with Gasteiger partial charge >= 0.3 is 5.97 Å². The van der Waals surface area contributed by atoms with E-state index in [0.29, 0.717) is 12.5 Å². The molecule has 0 bridgehead atoms. The number of esters is 1. The van der Waals surface area contributed by atoms with Gasteiger partial charge in [-0.15, -0.1) is 0 Å². The lowest BCUT2D eigenvalue weighted by molar-refractivity contribution is -0.148. The van der Waals surface area contributed by atoms with E-state index in [4.69, 9.17) is 9.47 Å². The van der Waals surface area contributed by atoms with E-state index >= 15 is 0 Å². The second kappa shape index (κ2) is 8.71. The van der Waals surface area contributed by atoms with Crippen molar-refractivity contribution in [3.63, 3.8) is 0 Å². The second-order valence-corrected chi connectivity index (χ2v) is 6.29. The number of hydrogen-bond acceptors (Lipinski definition) is 4. The Morgan fingerprint density at radius 2 is 1.83 bits per heavy atom. The summed E-state index contributed by atoms with van der Waals surface area (Å²) in [6, 6.07) is 7.68. The minimum Gasteiger partial charge on any atom is -0.497 e. The monoisotopic (exact) mass is 333 g/mol. The summed E-state index contributed by atoms with van der Waals surface area (Å²) in [5, 5.41) is 0. The quantitative estimate of drug-likeness (QED) is 0.720. The first-order chi connectivity index (χ1) is 11.6. The molecule has 0 aliphatic heterocycles. The molecule has 132 valence electrons. The zero-order chi connectivity index (χ0) is 17.5. The molecule has 1 aliphatic carbocycles. The Morgan fingerprint density at radius 1 is 1.21 bits per heavy atom. The van der Waals surface area contributed by atoms with Gasteiger partial charge in [-0.2, -0.15) is 0 Å². The number of amides is 1. The fourth-order valence-corrected chi connectivity index (χ4v) is 3.43. The number of ether oxygens (including phenoxy) is 2. The lowest BCUT2D eigenvalue weighted by Crippen LogP contribution is -2.38. The van der Waals surface area contributed by atoms with Gasteiger partial charge in [-0.05, 0) is 43.4 Å². The highest BCUT2D eigenvalue weighted by Crippen LogP contribution is 2.38. The van der Waals surface area contributed by atoms with Gasteiger partial charge in [0.15, 0.2) is 0 Å². The van der Waals surface area contributed by atoms with Gasteiger partial charge in [-0.3, -0.25) is 9.59 Å². The van der Waals surface area contributed by atoms with Crippen LogP contribution in [0.4, 0.5) is 0 Å². The number of hydrogen-bond donors (Lipinski definition) is 0. The minimum atomic E-state index is -0.367. The highest BCUT2D eigenvalue weighted by Gasteiger charge is 2.34. The molecule has 2 rings (SSSR count). The standard InChI is InChI=1S/C19H27NO4/c1-4-24-17(21)13-20(2)19(22)18(14-7-5-6-8-14)15-9-11-16(23-3)12-10-15/h9-12,14,18H,4-8,13H2,1-3H3. The van der Waals surface area contributed by atoms with Crippen molar-refractivity contribution in [2.24, 2.45) is 5.92 Å². The van der Waals surface area contributed by atoms with Crippen LogP contribution in [0.15, 0.2) is 24.3 Å². The van der Waals surface area contributed by atoms with E-state index in [-0.39, 0.29) is 24.3 Å². The third-order valence-corrected chi connectivity index (χ3v) is 4.66. The van der Waals surface area contributed by atoms with Crippen LogP contribution in [0.25, 0.3) is 0 Å². The summed E-state index contributed by atoms with van der Waals surface area (Å²) in [6.07, 6.45) is 4.42. The molecule has 5 heteroatoms. The molecule has 1 aromatic rings. The van der Waals surface area contributed by atoms with E-state index < -0.39 is 0 Å². The van der Waals surface area contributed by atoms with Crippen molar-refractivity contribution in [2.75, 3.05) is 27.3 Å². The average molecular weight is 333 g/mol. The van der Waals surface area contributed by atoms with Crippen LogP contribution >= 0.6 is 0 Å². The third kappa shape index (κ3) is 4.49. The van der Waals surface area contributed by atoms with E-state index in [1.54, 1.807) is 21.1 Å². The molecule has 0 saturated heterocycles. The molecule has 1 amide bonds. The Morgan fingerprint density at radius 3 is 2.38 bits per heavy atom. The second-order valence-electron chi connectivity index (χ2n) is 6.29. The van der Waals surface area contributed by atoms with Crippen molar-refractivity contribution >= 4 is 11.9 Å². The van der Waals surface area contributed by atoms with Crippen molar-refractivity contribution in [1.82, 2.24) is 4.90 Å². The predicted octanol–water partition coefficient (Wildman–Crippen LogP) is 2.99. The lowest BCUT2D eigenvalue weighted by Gasteiger charge is -2.28. The number of likely N-dealkylation sites (N-methyl/N-ethyl adjacent to an activating group) is 1. The summed E-state index contributed by atoms with van der Waals surface area (Å²) in [5.41, 5.74) is 0.989. The molecule has 0 aromatic heterocycles. The maximum atomic E-state index is 13.0. The molecule has 1 unspecified atom stereocenters. The molecule has 5 nitrogen and oxygen atoms in total. The summed E-state index contributed by atoms with van der Waals surface area (Å²) in [4.78, 5) is 26.2. The smallest absolute Gasteiger partial charge is 0.325 e.